The van der Waals surface area contributed by atoms with Gasteiger partial charge in [0.25, 0.3) is 5.91 Å². The number of piperazine rings is 1. The van der Waals surface area contributed by atoms with Crippen molar-refractivity contribution >= 4 is 29.2 Å². The van der Waals surface area contributed by atoms with Gasteiger partial charge in [0.1, 0.15) is 11.9 Å². The highest BCUT2D eigenvalue weighted by molar-refractivity contribution is 6.06. The molecule has 9 heteroatoms. The zero-order valence-electron chi connectivity index (χ0n) is 17.8. The van der Waals surface area contributed by atoms with Gasteiger partial charge in [-0.25, -0.2) is 4.98 Å². The summed E-state index contributed by atoms with van der Waals surface area (Å²) < 4.78 is 0. The summed E-state index contributed by atoms with van der Waals surface area (Å²) >= 11 is 0. The van der Waals surface area contributed by atoms with Crippen molar-refractivity contribution in [2.45, 2.75) is 32.0 Å². The molecule has 0 bridgehead atoms. The minimum absolute atomic E-state index is 0.158. The van der Waals surface area contributed by atoms with Crippen LogP contribution in [0.2, 0.25) is 0 Å². The topological polar surface area (TPSA) is 107 Å². The van der Waals surface area contributed by atoms with Gasteiger partial charge in [-0.15, -0.1) is 0 Å². The Hall–Kier alpha value is -3.46. The molecule has 0 spiro atoms. The maximum atomic E-state index is 13.2. The molecule has 0 radical (unpaired) electrons. The summed E-state index contributed by atoms with van der Waals surface area (Å²) in [4.78, 5) is 45.3. The van der Waals surface area contributed by atoms with Crippen LogP contribution in [-0.2, 0) is 22.7 Å². The third kappa shape index (κ3) is 3.91. The van der Waals surface area contributed by atoms with Crippen LogP contribution in [0.3, 0.4) is 0 Å². The van der Waals surface area contributed by atoms with Crippen molar-refractivity contribution in [1.29, 1.82) is 0 Å². The molecule has 2 saturated heterocycles. The number of fused-ring (bicyclic) bond motifs is 1. The van der Waals surface area contributed by atoms with Crippen LogP contribution in [0.15, 0.2) is 36.5 Å². The predicted octanol–water partition coefficient (Wildman–Crippen LogP) is 0.864. The number of hydrogen-bond acceptors (Lipinski definition) is 7. The Labute approximate surface area is 186 Å². The molecule has 3 aliphatic rings. The number of pyridine rings is 1. The number of hydrogen-bond donors (Lipinski definition) is 3. The van der Waals surface area contributed by atoms with Crippen molar-refractivity contribution in [3.8, 4) is 0 Å². The lowest BCUT2D eigenvalue weighted by Crippen LogP contribution is -2.52. The SMILES string of the molecule is O=C1CCC(N2Cc3cccc(CNc4ccc(N5CCNCC5)cn4)c3C2=O)C(=O)N1. The Morgan fingerprint density at radius 3 is 2.69 bits per heavy atom. The van der Waals surface area contributed by atoms with Gasteiger partial charge < -0.3 is 20.4 Å². The smallest absolute Gasteiger partial charge is 0.255 e. The maximum absolute atomic E-state index is 13.2. The number of aromatic nitrogens is 1. The maximum Gasteiger partial charge on any atom is 0.255 e. The number of anilines is 2. The third-order valence-electron chi connectivity index (χ3n) is 6.33. The van der Waals surface area contributed by atoms with Crippen LogP contribution in [0.4, 0.5) is 11.5 Å². The van der Waals surface area contributed by atoms with Crippen molar-refractivity contribution in [1.82, 2.24) is 20.5 Å². The fourth-order valence-electron chi connectivity index (χ4n) is 4.62. The molecule has 166 valence electrons. The molecule has 0 aliphatic carbocycles. The summed E-state index contributed by atoms with van der Waals surface area (Å²) in [5, 5.41) is 9.00. The molecule has 1 aromatic carbocycles. The molecule has 4 heterocycles. The van der Waals surface area contributed by atoms with Gasteiger partial charge in [-0.3, -0.25) is 19.7 Å². The fourth-order valence-corrected chi connectivity index (χ4v) is 4.62. The van der Waals surface area contributed by atoms with Crippen LogP contribution in [0.25, 0.3) is 0 Å². The molecule has 3 amide bonds. The number of nitrogens with zero attached hydrogens (tertiary/aromatic N) is 3. The largest absolute Gasteiger partial charge is 0.368 e. The van der Waals surface area contributed by atoms with Crippen LogP contribution in [-0.4, -0.2) is 59.8 Å². The van der Waals surface area contributed by atoms with E-state index < -0.39 is 11.9 Å². The minimum Gasteiger partial charge on any atom is -0.368 e. The van der Waals surface area contributed by atoms with E-state index in [0.29, 0.717) is 25.1 Å². The van der Waals surface area contributed by atoms with Crippen molar-refractivity contribution in [2.24, 2.45) is 0 Å². The number of amides is 3. The minimum atomic E-state index is -0.604. The molecular weight excluding hydrogens is 408 g/mol. The number of imide groups is 1. The highest BCUT2D eigenvalue weighted by atomic mass is 16.2. The first-order valence-electron chi connectivity index (χ1n) is 11.0. The average Bonchev–Trinajstić information content (AvgIpc) is 3.15. The van der Waals surface area contributed by atoms with Gasteiger partial charge in [0.15, 0.2) is 0 Å². The number of carbonyl (C=O) groups is 3. The van der Waals surface area contributed by atoms with Gasteiger partial charge in [-0.05, 0) is 29.7 Å². The molecule has 3 aliphatic heterocycles. The molecule has 1 unspecified atom stereocenters. The molecule has 0 saturated carbocycles. The Morgan fingerprint density at radius 1 is 1.09 bits per heavy atom. The van der Waals surface area contributed by atoms with Crippen LogP contribution in [0.1, 0.15) is 34.3 Å². The average molecular weight is 435 g/mol. The zero-order chi connectivity index (χ0) is 22.1. The van der Waals surface area contributed by atoms with Crippen LogP contribution >= 0.6 is 0 Å². The van der Waals surface area contributed by atoms with Crippen molar-refractivity contribution < 1.29 is 14.4 Å². The molecule has 32 heavy (non-hydrogen) atoms. The summed E-state index contributed by atoms with van der Waals surface area (Å²) in [6, 6.07) is 9.19. The second kappa shape index (κ2) is 8.58. The van der Waals surface area contributed by atoms with Gasteiger partial charge in [-0.2, -0.15) is 0 Å². The van der Waals surface area contributed by atoms with E-state index in [1.807, 2.05) is 30.5 Å². The van der Waals surface area contributed by atoms with Crippen molar-refractivity contribution in [3.63, 3.8) is 0 Å². The Kier molecular flexibility index (Phi) is 5.48. The quantitative estimate of drug-likeness (QED) is 0.600. The van der Waals surface area contributed by atoms with Gasteiger partial charge in [0.05, 0.1) is 11.9 Å². The Bertz CT molecular complexity index is 1050. The number of benzene rings is 1. The Morgan fingerprint density at radius 2 is 1.94 bits per heavy atom. The van der Waals surface area contributed by atoms with Crippen molar-refractivity contribution in [3.05, 3.63) is 53.2 Å². The predicted molar refractivity (Wildman–Crippen MR) is 119 cm³/mol. The van der Waals surface area contributed by atoms with E-state index in [4.69, 9.17) is 0 Å². The lowest BCUT2D eigenvalue weighted by Gasteiger charge is -2.29. The zero-order valence-corrected chi connectivity index (χ0v) is 17.8. The molecular formula is C23H26N6O3. The second-order valence-corrected chi connectivity index (χ2v) is 8.34. The third-order valence-corrected chi connectivity index (χ3v) is 6.33. The molecule has 5 rings (SSSR count). The van der Waals surface area contributed by atoms with E-state index in [0.717, 1.165) is 48.8 Å². The first-order chi connectivity index (χ1) is 15.6. The monoisotopic (exact) mass is 434 g/mol. The molecule has 2 fully saturated rings. The van der Waals surface area contributed by atoms with Gasteiger partial charge in [0.2, 0.25) is 11.8 Å². The Balaban J connectivity index is 1.27. The summed E-state index contributed by atoms with van der Waals surface area (Å²) in [5.41, 5.74) is 3.52. The normalized spacial score (nSPS) is 20.9. The molecule has 1 atom stereocenters. The van der Waals surface area contributed by atoms with E-state index in [9.17, 15) is 14.4 Å². The highest BCUT2D eigenvalue weighted by Gasteiger charge is 2.39. The van der Waals surface area contributed by atoms with Crippen LogP contribution < -0.4 is 20.9 Å². The van der Waals surface area contributed by atoms with Gasteiger partial charge in [0, 0.05) is 51.3 Å². The van der Waals surface area contributed by atoms with E-state index in [1.54, 1.807) is 4.90 Å². The molecule has 3 N–H and O–H groups in total. The van der Waals surface area contributed by atoms with E-state index >= 15 is 0 Å². The fraction of sp³-hybridized carbons (Fsp3) is 0.391. The summed E-state index contributed by atoms with van der Waals surface area (Å²) in [6.45, 7) is 4.72. The summed E-state index contributed by atoms with van der Waals surface area (Å²) in [6.07, 6.45) is 2.49. The summed E-state index contributed by atoms with van der Waals surface area (Å²) in [5.74, 6) is -0.0884. The lowest BCUT2D eigenvalue weighted by atomic mass is 10.0. The first kappa shape index (κ1) is 20.4. The molecule has 2 aromatic rings. The number of nitrogens with one attached hydrogen (secondary N) is 3. The molecule has 9 nitrogen and oxygen atoms in total. The first-order valence-corrected chi connectivity index (χ1v) is 11.0. The van der Waals surface area contributed by atoms with Gasteiger partial charge in [-0.1, -0.05) is 18.2 Å². The van der Waals surface area contributed by atoms with Crippen LogP contribution in [0, 0.1) is 0 Å². The number of rotatable bonds is 5. The standard InChI is InChI=1S/C23H26N6O3/c30-20-7-5-18(22(31)27-20)29-14-16-3-1-2-15(21(16)23(29)32)12-25-19-6-4-17(13-26-19)28-10-8-24-9-11-28/h1-4,6,13,18,24H,5,7-12,14H2,(H,25,26)(H,27,30,31). The number of piperidine rings is 1. The van der Waals surface area contributed by atoms with E-state index in [1.165, 1.54) is 0 Å². The van der Waals surface area contributed by atoms with E-state index in [2.05, 4.69) is 31.9 Å². The summed E-state index contributed by atoms with van der Waals surface area (Å²) in [7, 11) is 0. The highest BCUT2D eigenvalue weighted by Crippen LogP contribution is 2.30. The second-order valence-electron chi connectivity index (χ2n) is 8.34. The van der Waals surface area contributed by atoms with Crippen molar-refractivity contribution in [2.75, 3.05) is 36.4 Å². The van der Waals surface area contributed by atoms with E-state index in [-0.39, 0.29) is 18.2 Å². The molecule has 1 aromatic heterocycles. The van der Waals surface area contributed by atoms with Crippen LogP contribution in [0.5, 0.6) is 0 Å². The number of carbonyl (C=O) groups excluding carboxylic acids is 3. The lowest BCUT2D eigenvalue weighted by molar-refractivity contribution is -0.136. The van der Waals surface area contributed by atoms with Gasteiger partial charge >= 0.3 is 0 Å².